The minimum atomic E-state index is 0.518. The number of rotatable bonds is 7. The molecule has 1 aromatic heterocycles. The van der Waals surface area contributed by atoms with E-state index in [1.807, 2.05) is 30.3 Å². The van der Waals surface area contributed by atoms with Crippen LogP contribution in [0.15, 0.2) is 58.2 Å². The quantitative estimate of drug-likeness (QED) is 0.564. The molecule has 0 aliphatic rings. The fraction of sp³-hybridized carbons (Fsp3) is 0.250. The molecule has 0 bridgehead atoms. The van der Waals surface area contributed by atoms with Gasteiger partial charge in [0, 0.05) is 30.1 Å². The number of thioether (sulfide) groups is 1. The Bertz CT molecular complexity index is 895. The van der Waals surface area contributed by atoms with E-state index in [-0.39, 0.29) is 0 Å². The van der Waals surface area contributed by atoms with E-state index >= 15 is 0 Å². The van der Waals surface area contributed by atoms with Crippen molar-refractivity contribution in [3.05, 3.63) is 59.7 Å². The Hall–Kier alpha value is -2.78. The number of benzene rings is 2. The standard InChI is InChI=1S/C20H20N4OS/c1-3-24(4-2)18-10-8-17(9-11-18)19-22-23-20(25-19)26-14-16-7-5-6-15(12-16)13-21/h5-12H,3-4,14H2,1-2H3. The monoisotopic (exact) mass is 364 g/mol. The molecule has 3 rings (SSSR count). The molecule has 5 nitrogen and oxygen atoms in total. The lowest BCUT2D eigenvalue weighted by Gasteiger charge is -2.20. The van der Waals surface area contributed by atoms with E-state index < -0.39 is 0 Å². The van der Waals surface area contributed by atoms with E-state index in [4.69, 9.17) is 9.68 Å². The van der Waals surface area contributed by atoms with Gasteiger partial charge in [0.1, 0.15) is 0 Å². The normalized spacial score (nSPS) is 10.5. The Balaban J connectivity index is 1.66. The Labute approximate surface area is 157 Å². The topological polar surface area (TPSA) is 66.0 Å². The number of hydrogen-bond donors (Lipinski definition) is 0. The van der Waals surface area contributed by atoms with Gasteiger partial charge in [-0.15, -0.1) is 10.2 Å². The summed E-state index contributed by atoms with van der Waals surface area (Å²) < 4.78 is 5.76. The molecule has 0 radical (unpaired) electrons. The molecule has 0 atom stereocenters. The third-order valence-electron chi connectivity index (χ3n) is 4.07. The predicted molar refractivity (Wildman–Crippen MR) is 104 cm³/mol. The van der Waals surface area contributed by atoms with Gasteiger partial charge in [-0.25, -0.2) is 0 Å². The van der Waals surface area contributed by atoms with Crippen molar-refractivity contribution < 1.29 is 4.42 Å². The third-order valence-corrected chi connectivity index (χ3v) is 4.96. The summed E-state index contributed by atoms with van der Waals surface area (Å²) in [6.45, 7) is 6.24. The number of nitriles is 1. The zero-order chi connectivity index (χ0) is 18.4. The van der Waals surface area contributed by atoms with Gasteiger partial charge in [-0.05, 0) is 55.8 Å². The zero-order valence-electron chi connectivity index (χ0n) is 14.8. The van der Waals surface area contributed by atoms with Crippen LogP contribution in [0.4, 0.5) is 5.69 Å². The largest absolute Gasteiger partial charge is 0.411 e. The lowest BCUT2D eigenvalue weighted by Crippen LogP contribution is -2.21. The minimum absolute atomic E-state index is 0.518. The molecule has 1 heterocycles. The van der Waals surface area contributed by atoms with E-state index in [0.717, 1.165) is 24.2 Å². The van der Waals surface area contributed by atoms with Crippen molar-refractivity contribution in [3.63, 3.8) is 0 Å². The van der Waals surface area contributed by atoms with Gasteiger partial charge >= 0.3 is 0 Å². The molecule has 26 heavy (non-hydrogen) atoms. The number of hydrogen-bond acceptors (Lipinski definition) is 6. The van der Waals surface area contributed by atoms with Crippen LogP contribution < -0.4 is 4.90 Å². The average molecular weight is 364 g/mol. The zero-order valence-corrected chi connectivity index (χ0v) is 15.7. The number of anilines is 1. The van der Waals surface area contributed by atoms with E-state index in [2.05, 4.69) is 47.1 Å². The second-order valence-corrected chi connectivity index (χ2v) is 6.62. The van der Waals surface area contributed by atoms with Crippen LogP contribution in [-0.2, 0) is 5.75 Å². The molecule has 0 fully saturated rings. The van der Waals surface area contributed by atoms with Crippen molar-refractivity contribution in [3.8, 4) is 17.5 Å². The summed E-state index contributed by atoms with van der Waals surface area (Å²) in [5.74, 6) is 1.20. The molecule has 0 saturated heterocycles. The Morgan fingerprint density at radius 2 is 1.85 bits per heavy atom. The molecule has 2 aromatic carbocycles. The third kappa shape index (κ3) is 4.24. The van der Waals surface area contributed by atoms with E-state index in [1.165, 1.54) is 17.4 Å². The van der Waals surface area contributed by atoms with Gasteiger partial charge in [0.2, 0.25) is 5.89 Å². The first-order chi connectivity index (χ1) is 12.7. The summed E-state index contributed by atoms with van der Waals surface area (Å²) >= 11 is 1.47. The second kappa shape index (κ2) is 8.54. The summed E-state index contributed by atoms with van der Waals surface area (Å²) in [4.78, 5) is 2.29. The van der Waals surface area contributed by atoms with Crippen LogP contribution in [0.25, 0.3) is 11.5 Å². The number of aromatic nitrogens is 2. The van der Waals surface area contributed by atoms with Crippen molar-refractivity contribution in [2.45, 2.75) is 24.8 Å². The maximum absolute atomic E-state index is 8.96. The molecule has 0 aliphatic heterocycles. The summed E-state index contributed by atoms with van der Waals surface area (Å²) in [7, 11) is 0. The molecule has 3 aromatic rings. The number of nitrogens with zero attached hydrogens (tertiary/aromatic N) is 4. The first-order valence-electron chi connectivity index (χ1n) is 8.54. The molecule has 0 amide bonds. The highest BCUT2D eigenvalue weighted by Crippen LogP contribution is 2.27. The molecule has 132 valence electrons. The highest BCUT2D eigenvalue weighted by Gasteiger charge is 2.10. The summed E-state index contributed by atoms with van der Waals surface area (Å²) in [5, 5.41) is 17.7. The Kier molecular flexibility index (Phi) is 5.92. The van der Waals surface area contributed by atoms with Crippen LogP contribution in [0.5, 0.6) is 0 Å². The van der Waals surface area contributed by atoms with Gasteiger partial charge in [-0.1, -0.05) is 23.9 Å². The first-order valence-corrected chi connectivity index (χ1v) is 9.52. The van der Waals surface area contributed by atoms with Gasteiger partial charge in [-0.3, -0.25) is 0 Å². The van der Waals surface area contributed by atoms with Crippen LogP contribution >= 0.6 is 11.8 Å². The molecule has 6 heteroatoms. The summed E-state index contributed by atoms with van der Waals surface area (Å²) in [5.41, 5.74) is 3.80. The second-order valence-electron chi connectivity index (χ2n) is 5.69. The van der Waals surface area contributed by atoms with Crippen molar-refractivity contribution in [2.24, 2.45) is 0 Å². The van der Waals surface area contributed by atoms with Gasteiger partial charge in [0.25, 0.3) is 5.22 Å². The maximum Gasteiger partial charge on any atom is 0.277 e. The molecule has 0 saturated carbocycles. The van der Waals surface area contributed by atoms with Gasteiger partial charge in [0.05, 0.1) is 11.6 Å². The summed E-state index contributed by atoms with van der Waals surface area (Å²) in [6, 6.07) is 17.8. The van der Waals surface area contributed by atoms with Gasteiger partial charge < -0.3 is 9.32 Å². The van der Waals surface area contributed by atoms with Crippen LogP contribution in [0.1, 0.15) is 25.0 Å². The summed E-state index contributed by atoms with van der Waals surface area (Å²) in [6.07, 6.45) is 0. The first kappa shape index (κ1) is 18.0. The fourth-order valence-corrected chi connectivity index (χ4v) is 3.37. The highest BCUT2D eigenvalue weighted by molar-refractivity contribution is 7.98. The van der Waals surface area contributed by atoms with Crippen LogP contribution in [0, 0.1) is 11.3 Å². The Morgan fingerprint density at radius 1 is 1.08 bits per heavy atom. The molecular formula is C20H20N4OS. The highest BCUT2D eigenvalue weighted by atomic mass is 32.2. The Morgan fingerprint density at radius 3 is 2.54 bits per heavy atom. The smallest absolute Gasteiger partial charge is 0.277 e. The van der Waals surface area contributed by atoms with Crippen molar-refractivity contribution >= 4 is 17.4 Å². The van der Waals surface area contributed by atoms with E-state index in [9.17, 15) is 0 Å². The SMILES string of the molecule is CCN(CC)c1ccc(-c2nnc(SCc3cccc(C#N)c3)o2)cc1. The lowest BCUT2D eigenvalue weighted by molar-refractivity contribution is 0.466. The van der Waals surface area contributed by atoms with E-state index in [0.29, 0.717) is 22.4 Å². The van der Waals surface area contributed by atoms with Crippen molar-refractivity contribution in [2.75, 3.05) is 18.0 Å². The molecule has 0 aliphatic carbocycles. The molecule has 0 N–H and O–H groups in total. The molecular weight excluding hydrogens is 344 g/mol. The lowest BCUT2D eigenvalue weighted by atomic mass is 10.2. The van der Waals surface area contributed by atoms with Crippen LogP contribution in [0.3, 0.4) is 0 Å². The van der Waals surface area contributed by atoms with Crippen LogP contribution in [0.2, 0.25) is 0 Å². The maximum atomic E-state index is 8.96. The fourth-order valence-electron chi connectivity index (χ4n) is 2.66. The van der Waals surface area contributed by atoms with Crippen LogP contribution in [-0.4, -0.2) is 23.3 Å². The van der Waals surface area contributed by atoms with Crippen molar-refractivity contribution in [1.29, 1.82) is 5.26 Å². The minimum Gasteiger partial charge on any atom is -0.411 e. The molecule has 0 unspecified atom stereocenters. The predicted octanol–water partition coefficient (Wildman–Crippen LogP) is 4.75. The average Bonchev–Trinajstić information content (AvgIpc) is 3.17. The molecule has 0 spiro atoms. The van der Waals surface area contributed by atoms with Gasteiger partial charge in [0.15, 0.2) is 0 Å². The van der Waals surface area contributed by atoms with E-state index in [1.54, 1.807) is 6.07 Å². The van der Waals surface area contributed by atoms with Gasteiger partial charge in [-0.2, -0.15) is 5.26 Å². The van der Waals surface area contributed by atoms with Crippen molar-refractivity contribution in [1.82, 2.24) is 10.2 Å².